The molecule has 0 heterocycles. The molecule has 21 heavy (non-hydrogen) atoms. The van der Waals surface area contributed by atoms with Crippen LogP contribution >= 0.6 is 0 Å². The van der Waals surface area contributed by atoms with Crippen LogP contribution in [0.1, 0.15) is 65.2 Å². The Balaban J connectivity index is 0. The Morgan fingerprint density at radius 1 is 0.857 bits per heavy atom. The topological polar surface area (TPSA) is 26.3 Å². The van der Waals surface area contributed by atoms with Crippen molar-refractivity contribution in [2.24, 2.45) is 5.92 Å². The second-order valence-electron chi connectivity index (χ2n) is 7.16. The molecule has 0 amide bonds. The third kappa shape index (κ3) is 17.9. The normalized spacial score (nSPS) is 11.3. The minimum atomic E-state index is -0.0674. The molecule has 0 aromatic rings. The summed E-state index contributed by atoms with van der Waals surface area (Å²) in [7, 11) is 6.77. The SMILES string of the molecule is CC(C)C(=O)OCCCCCCCCCC[N+](C)(C)C.[Br-]. The molecule has 0 radical (unpaired) electrons. The van der Waals surface area contributed by atoms with Gasteiger partial charge < -0.3 is 26.2 Å². The fraction of sp³-hybridized carbons (Fsp3) is 0.941. The third-order valence-corrected chi connectivity index (χ3v) is 3.44. The minimum absolute atomic E-state index is 0. The average Bonchev–Trinajstić information content (AvgIpc) is 2.34. The molecule has 0 saturated heterocycles. The van der Waals surface area contributed by atoms with Gasteiger partial charge in [-0.15, -0.1) is 0 Å². The molecule has 0 aliphatic heterocycles. The number of esters is 1. The molecule has 128 valence electrons. The lowest BCUT2D eigenvalue weighted by molar-refractivity contribution is -0.870. The van der Waals surface area contributed by atoms with Crippen LogP contribution < -0.4 is 17.0 Å². The second-order valence-corrected chi connectivity index (χ2v) is 7.16. The number of rotatable bonds is 12. The number of hydrogen-bond donors (Lipinski definition) is 0. The van der Waals surface area contributed by atoms with E-state index in [9.17, 15) is 4.79 Å². The van der Waals surface area contributed by atoms with E-state index >= 15 is 0 Å². The van der Waals surface area contributed by atoms with Gasteiger partial charge in [-0.2, -0.15) is 0 Å². The van der Waals surface area contributed by atoms with Crippen molar-refractivity contribution in [3.05, 3.63) is 0 Å². The quantitative estimate of drug-likeness (QED) is 0.293. The highest BCUT2D eigenvalue weighted by Gasteiger charge is 2.07. The molecule has 0 bridgehead atoms. The standard InChI is InChI=1S/C17H36NO2.BrH/c1-16(2)17(19)20-15-13-11-9-7-6-8-10-12-14-18(3,4)5;/h16H,6-15H2,1-5H3;1H/q+1;/p-1. The van der Waals surface area contributed by atoms with E-state index in [1.807, 2.05) is 13.8 Å². The van der Waals surface area contributed by atoms with Gasteiger partial charge in [0, 0.05) is 0 Å². The smallest absolute Gasteiger partial charge is 0.308 e. The number of unbranched alkanes of at least 4 members (excludes halogenated alkanes) is 7. The van der Waals surface area contributed by atoms with E-state index in [-0.39, 0.29) is 28.9 Å². The molecule has 0 aromatic carbocycles. The first-order chi connectivity index (χ1) is 9.33. The summed E-state index contributed by atoms with van der Waals surface area (Å²) in [6.45, 7) is 5.63. The molecule has 0 atom stereocenters. The van der Waals surface area contributed by atoms with E-state index < -0.39 is 0 Å². The lowest BCUT2D eigenvalue weighted by atomic mass is 10.1. The highest BCUT2D eigenvalue weighted by molar-refractivity contribution is 5.71. The zero-order chi connectivity index (χ0) is 15.4. The van der Waals surface area contributed by atoms with Gasteiger partial charge in [-0.1, -0.05) is 46.0 Å². The van der Waals surface area contributed by atoms with Gasteiger partial charge >= 0.3 is 5.97 Å². The van der Waals surface area contributed by atoms with Crippen LogP contribution in [0.5, 0.6) is 0 Å². The van der Waals surface area contributed by atoms with Crippen LogP contribution in [0.2, 0.25) is 0 Å². The maximum Gasteiger partial charge on any atom is 0.308 e. The minimum Gasteiger partial charge on any atom is -1.00 e. The van der Waals surface area contributed by atoms with Gasteiger partial charge in [0.1, 0.15) is 0 Å². The van der Waals surface area contributed by atoms with E-state index in [1.165, 1.54) is 51.5 Å². The Kier molecular flexibility index (Phi) is 15.0. The van der Waals surface area contributed by atoms with Gasteiger partial charge in [0.15, 0.2) is 0 Å². The molecule has 0 rings (SSSR count). The van der Waals surface area contributed by atoms with Gasteiger partial charge in [0.05, 0.1) is 40.2 Å². The van der Waals surface area contributed by atoms with Crippen LogP contribution in [-0.4, -0.2) is 44.7 Å². The Labute approximate surface area is 142 Å². The summed E-state index contributed by atoms with van der Waals surface area (Å²) in [5.74, 6) is -0.0658. The molecule has 0 saturated carbocycles. The van der Waals surface area contributed by atoms with Crippen LogP contribution in [0.25, 0.3) is 0 Å². The molecule has 0 aliphatic carbocycles. The van der Waals surface area contributed by atoms with E-state index in [4.69, 9.17) is 4.74 Å². The van der Waals surface area contributed by atoms with Gasteiger partial charge in [0.25, 0.3) is 0 Å². The van der Waals surface area contributed by atoms with Gasteiger partial charge in [0.2, 0.25) is 0 Å². The number of carbonyl (C=O) groups excluding carboxylic acids is 1. The molecule has 0 aromatic heterocycles. The van der Waals surface area contributed by atoms with Crippen molar-refractivity contribution >= 4 is 5.97 Å². The van der Waals surface area contributed by atoms with E-state index in [0.29, 0.717) is 6.61 Å². The maximum absolute atomic E-state index is 11.2. The monoisotopic (exact) mass is 365 g/mol. The number of quaternary nitrogens is 1. The van der Waals surface area contributed by atoms with E-state index in [1.54, 1.807) is 0 Å². The van der Waals surface area contributed by atoms with Gasteiger partial charge in [-0.05, 0) is 19.3 Å². The fourth-order valence-corrected chi connectivity index (χ4v) is 2.09. The summed E-state index contributed by atoms with van der Waals surface area (Å²) in [6, 6.07) is 0. The van der Waals surface area contributed by atoms with Crippen molar-refractivity contribution in [1.82, 2.24) is 0 Å². The number of carbonyl (C=O) groups is 1. The van der Waals surface area contributed by atoms with Crippen LogP contribution in [-0.2, 0) is 9.53 Å². The lowest BCUT2D eigenvalue weighted by Gasteiger charge is -2.23. The first-order valence-corrected chi connectivity index (χ1v) is 8.30. The van der Waals surface area contributed by atoms with Crippen molar-refractivity contribution in [2.75, 3.05) is 34.3 Å². The summed E-state index contributed by atoms with van der Waals surface area (Å²) in [5, 5.41) is 0. The summed E-state index contributed by atoms with van der Waals surface area (Å²) in [6.07, 6.45) is 10.2. The maximum atomic E-state index is 11.2. The molecule has 0 fully saturated rings. The molecule has 0 spiro atoms. The number of hydrogen-bond acceptors (Lipinski definition) is 2. The Morgan fingerprint density at radius 3 is 1.71 bits per heavy atom. The Morgan fingerprint density at radius 2 is 1.29 bits per heavy atom. The molecular weight excluding hydrogens is 330 g/mol. The largest absolute Gasteiger partial charge is 1.00 e. The number of nitrogens with zero attached hydrogens (tertiary/aromatic N) is 1. The Bertz CT molecular complexity index is 250. The van der Waals surface area contributed by atoms with Gasteiger partial charge in [-0.25, -0.2) is 0 Å². The lowest BCUT2D eigenvalue weighted by Crippen LogP contribution is -3.00. The van der Waals surface area contributed by atoms with Crippen molar-refractivity contribution in [3.63, 3.8) is 0 Å². The Hall–Kier alpha value is -0.0900. The summed E-state index contributed by atoms with van der Waals surface area (Å²) >= 11 is 0. The molecule has 4 heteroatoms. The molecule has 0 N–H and O–H groups in total. The predicted octanol–water partition coefficient (Wildman–Crippen LogP) is 1.02. The highest BCUT2D eigenvalue weighted by Crippen LogP contribution is 2.10. The van der Waals surface area contributed by atoms with E-state index in [0.717, 1.165) is 10.9 Å². The first kappa shape index (κ1) is 23.2. The van der Waals surface area contributed by atoms with Crippen LogP contribution in [0.15, 0.2) is 0 Å². The van der Waals surface area contributed by atoms with Crippen LogP contribution in [0, 0.1) is 5.92 Å². The predicted molar refractivity (Wildman–Crippen MR) is 85.6 cm³/mol. The second kappa shape index (κ2) is 13.6. The molecule has 3 nitrogen and oxygen atoms in total. The van der Waals surface area contributed by atoms with Crippen LogP contribution in [0.3, 0.4) is 0 Å². The fourth-order valence-electron chi connectivity index (χ4n) is 2.09. The molecule has 0 aliphatic rings. The third-order valence-electron chi connectivity index (χ3n) is 3.44. The van der Waals surface area contributed by atoms with E-state index in [2.05, 4.69) is 21.1 Å². The summed E-state index contributed by atoms with van der Waals surface area (Å²) < 4.78 is 6.23. The summed E-state index contributed by atoms with van der Waals surface area (Å²) in [5.41, 5.74) is 0. The number of ether oxygens (including phenoxy) is 1. The van der Waals surface area contributed by atoms with Crippen molar-refractivity contribution in [2.45, 2.75) is 65.2 Å². The number of halogens is 1. The zero-order valence-corrected chi connectivity index (χ0v) is 16.4. The first-order valence-electron chi connectivity index (χ1n) is 8.30. The summed E-state index contributed by atoms with van der Waals surface area (Å²) in [4.78, 5) is 11.2. The highest BCUT2D eigenvalue weighted by atomic mass is 79.9. The van der Waals surface area contributed by atoms with Crippen molar-refractivity contribution < 1.29 is 31.0 Å². The molecular formula is C17H36BrNO2. The van der Waals surface area contributed by atoms with Crippen molar-refractivity contribution in [1.29, 1.82) is 0 Å². The molecule has 0 unspecified atom stereocenters. The van der Waals surface area contributed by atoms with Crippen molar-refractivity contribution in [3.8, 4) is 0 Å². The van der Waals surface area contributed by atoms with Gasteiger partial charge in [-0.3, -0.25) is 4.79 Å². The van der Waals surface area contributed by atoms with Crippen LogP contribution in [0.4, 0.5) is 0 Å². The average molecular weight is 366 g/mol. The zero-order valence-electron chi connectivity index (χ0n) is 14.8.